The van der Waals surface area contributed by atoms with Gasteiger partial charge in [0.1, 0.15) is 29.2 Å². The number of fused-ring (bicyclic) bond motifs is 4. The molecule has 3 aromatic rings. The summed E-state index contributed by atoms with van der Waals surface area (Å²) in [6, 6.07) is 11.2. The van der Waals surface area contributed by atoms with Gasteiger partial charge in [0, 0.05) is 86.8 Å². The number of hydrogen-bond acceptors (Lipinski definition) is 8. The van der Waals surface area contributed by atoms with Gasteiger partial charge in [-0.05, 0) is 42.3 Å². The predicted octanol–water partition coefficient (Wildman–Crippen LogP) is 4.63. The number of aliphatic hydroxyl groups is 1. The standard InChI is InChI=1S/C33H33F3N4O5/c34-33(35,36)25-15-19(1-2-20(25)18-40-11-9-39(10-12-40)13-14-41)26(42)17-24-30-23-16-21(3-5-27(23)45-31(24)30)44-28-7-8-37-32-22(28)4-6-29(43)38-32/h1-3,5,7-8,15-16,24,30-31,41H,4,6,9-14,17-18H2,(H,37,38,43)/t24-,30-,31+/m0/s1. The van der Waals surface area contributed by atoms with Gasteiger partial charge in [0.2, 0.25) is 5.91 Å². The molecule has 7 rings (SSSR count). The van der Waals surface area contributed by atoms with Crippen LogP contribution in [-0.4, -0.2) is 77.0 Å². The Morgan fingerprint density at radius 1 is 1.07 bits per heavy atom. The number of aromatic nitrogens is 1. The number of piperazine rings is 1. The first-order valence-electron chi connectivity index (χ1n) is 15.2. The van der Waals surface area contributed by atoms with E-state index < -0.39 is 11.7 Å². The summed E-state index contributed by atoms with van der Waals surface area (Å²) in [4.78, 5) is 33.3. The highest BCUT2D eigenvalue weighted by Crippen LogP contribution is 2.60. The molecule has 1 saturated heterocycles. The molecular weight excluding hydrogens is 589 g/mol. The van der Waals surface area contributed by atoms with Gasteiger partial charge in [-0.3, -0.25) is 19.4 Å². The van der Waals surface area contributed by atoms with Gasteiger partial charge in [0.05, 0.1) is 12.2 Å². The van der Waals surface area contributed by atoms with E-state index in [1.807, 2.05) is 17.0 Å². The van der Waals surface area contributed by atoms with E-state index in [1.165, 1.54) is 12.1 Å². The number of anilines is 1. The molecule has 4 heterocycles. The smallest absolute Gasteiger partial charge is 0.416 e. The molecule has 236 valence electrons. The Morgan fingerprint density at radius 2 is 1.87 bits per heavy atom. The molecule has 0 bridgehead atoms. The van der Waals surface area contributed by atoms with Gasteiger partial charge >= 0.3 is 6.18 Å². The number of rotatable bonds is 9. The van der Waals surface area contributed by atoms with Crippen molar-refractivity contribution in [1.82, 2.24) is 14.8 Å². The molecule has 3 aliphatic heterocycles. The third kappa shape index (κ3) is 6.01. The zero-order valence-electron chi connectivity index (χ0n) is 24.5. The van der Waals surface area contributed by atoms with Crippen molar-refractivity contribution in [2.24, 2.45) is 5.92 Å². The number of benzene rings is 2. The molecule has 4 aliphatic rings. The van der Waals surface area contributed by atoms with Gasteiger partial charge in [0.15, 0.2) is 5.78 Å². The molecule has 45 heavy (non-hydrogen) atoms. The fourth-order valence-electron chi connectivity index (χ4n) is 6.77. The highest BCUT2D eigenvalue weighted by atomic mass is 19.4. The quantitative estimate of drug-likeness (QED) is 0.333. The van der Waals surface area contributed by atoms with E-state index in [4.69, 9.17) is 14.6 Å². The van der Waals surface area contributed by atoms with E-state index in [9.17, 15) is 22.8 Å². The summed E-state index contributed by atoms with van der Waals surface area (Å²) in [6.07, 6.45) is -2.25. The predicted molar refractivity (Wildman–Crippen MR) is 158 cm³/mol. The van der Waals surface area contributed by atoms with E-state index in [0.717, 1.165) is 17.2 Å². The van der Waals surface area contributed by atoms with Crippen LogP contribution in [0.15, 0.2) is 48.7 Å². The number of carbonyl (C=O) groups is 2. The summed E-state index contributed by atoms with van der Waals surface area (Å²) >= 11 is 0. The number of nitrogens with one attached hydrogen (secondary N) is 1. The maximum absolute atomic E-state index is 14.1. The van der Waals surface area contributed by atoms with Gasteiger partial charge in [-0.15, -0.1) is 0 Å². The van der Waals surface area contributed by atoms with Crippen LogP contribution in [0.4, 0.5) is 19.0 Å². The van der Waals surface area contributed by atoms with Crippen molar-refractivity contribution in [3.05, 3.63) is 76.5 Å². The first kappa shape index (κ1) is 29.7. The van der Waals surface area contributed by atoms with Crippen LogP contribution in [0.3, 0.4) is 0 Å². The molecule has 2 fully saturated rings. The van der Waals surface area contributed by atoms with Gasteiger partial charge in [0.25, 0.3) is 0 Å². The number of pyridine rings is 1. The molecular formula is C33H33F3N4O5. The van der Waals surface area contributed by atoms with Gasteiger partial charge in [-0.2, -0.15) is 13.2 Å². The summed E-state index contributed by atoms with van der Waals surface area (Å²) in [5.41, 5.74) is 1.17. The molecule has 0 unspecified atom stereocenters. The first-order valence-corrected chi connectivity index (χ1v) is 15.2. The average Bonchev–Trinajstić information content (AvgIpc) is 3.53. The summed E-state index contributed by atoms with van der Waals surface area (Å²) in [5, 5.41) is 11.9. The fraction of sp³-hybridized carbons (Fsp3) is 0.424. The second-order valence-electron chi connectivity index (χ2n) is 12.1. The number of aliphatic hydroxyl groups excluding tert-OH is 1. The Kier molecular flexibility index (Phi) is 7.74. The highest BCUT2D eigenvalue weighted by molar-refractivity contribution is 5.97. The van der Waals surface area contributed by atoms with Crippen LogP contribution in [0.1, 0.15) is 51.4 Å². The van der Waals surface area contributed by atoms with E-state index in [2.05, 4.69) is 15.2 Å². The monoisotopic (exact) mass is 622 g/mol. The number of ether oxygens (including phenoxy) is 2. The fourth-order valence-corrected chi connectivity index (χ4v) is 6.77. The second kappa shape index (κ2) is 11.7. The lowest BCUT2D eigenvalue weighted by molar-refractivity contribution is -0.138. The number of amides is 1. The van der Waals surface area contributed by atoms with Crippen molar-refractivity contribution in [3.8, 4) is 17.2 Å². The molecule has 1 amide bonds. The second-order valence-corrected chi connectivity index (χ2v) is 12.1. The van der Waals surface area contributed by atoms with Crippen molar-refractivity contribution in [3.63, 3.8) is 0 Å². The largest absolute Gasteiger partial charge is 0.489 e. The normalized spacial score (nSPS) is 22.6. The van der Waals surface area contributed by atoms with Crippen LogP contribution in [-0.2, 0) is 23.9 Å². The minimum atomic E-state index is -4.58. The molecule has 3 atom stereocenters. The van der Waals surface area contributed by atoms with E-state index in [1.54, 1.807) is 18.3 Å². The molecule has 0 radical (unpaired) electrons. The number of hydrogen-bond donors (Lipinski definition) is 2. The van der Waals surface area contributed by atoms with Crippen LogP contribution in [0.5, 0.6) is 17.2 Å². The summed E-state index contributed by atoms with van der Waals surface area (Å²) in [5.74, 6) is 1.80. The SMILES string of the molecule is O=C1CCc2c(Oc3ccc4c(c3)[C@H]3[C@H](CC(=O)c5ccc(CN6CCN(CCO)CC6)c(C(F)(F)F)c5)[C@H]3O4)ccnc2N1. The highest BCUT2D eigenvalue weighted by Gasteiger charge is 2.59. The molecule has 0 spiro atoms. The Balaban J connectivity index is 1.02. The molecule has 1 saturated carbocycles. The Bertz CT molecular complexity index is 1640. The third-order valence-corrected chi connectivity index (χ3v) is 9.23. The van der Waals surface area contributed by atoms with Crippen molar-refractivity contribution < 1.29 is 37.3 Å². The maximum atomic E-state index is 14.1. The van der Waals surface area contributed by atoms with Crippen molar-refractivity contribution >= 4 is 17.5 Å². The number of halogens is 3. The van der Waals surface area contributed by atoms with Gasteiger partial charge in [-0.25, -0.2) is 4.98 Å². The zero-order chi connectivity index (χ0) is 31.3. The van der Waals surface area contributed by atoms with E-state index >= 15 is 0 Å². The van der Waals surface area contributed by atoms with Crippen LogP contribution in [0.25, 0.3) is 0 Å². The number of nitrogens with zero attached hydrogens (tertiary/aromatic N) is 3. The van der Waals surface area contributed by atoms with Crippen LogP contribution in [0, 0.1) is 5.92 Å². The zero-order valence-corrected chi connectivity index (χ0v) is 24.5. The Hall–Kier alpha value is -4.00. The van der Waals surface area contributed by atoms with Crippen molar-refractivity contribution in [1.29, 1.82) is 0 Å². The first-order chi connectivity index (χ1) is 21.7. The third-order valence-electron chi connectivity index (χ3n) is 9.23. The van der Waals surface area contributed by atoms with E-state index in [-0.39, 0.29) is 60.3 Å². The van der Waals surface area contributed by atoms with Crippen molar-refractivity contribution in [2.45, 2.75) is 44.0 Å². The topological polar surface area (TPSA) is 104 Å². The summed E-state index contributed by atoms with van der Waals surface area (Å²) in [6.45, 7) is 3.36. The minimum absolute atomic E-state index is 0.0380. The van der Waals surface area contributed by atoms with Crippen molar-refractivity contribution in [2.75, 3.05) is 44.6 Å². The number of β-amino-alcohol motifs (C(OH)–C–C–N with tert-alkyl or cyclic N) is 1. The lowest BCUT2D eigenvalue weighted by atomic mass is 9.97. The van der Waals surface area contributed by atoms with E-state index in [0.29, 0.717) is 68.6 Å². The number of ketones is 1. The van der Waals surface area contributed by atoms with Crippen LogP contribution >= 0.6 is 0 Å². The number of alkyl halides is 3. The lowest BCUT2D eigenvalue weighted by Gasteiger charge is -2.34. The molecule has 12 heteroatoms. The molecule has 1 aromatic heterocycles. The minimum Gasteiger partial charge on any atom is -0.489 e. The van der Waals surface area contributed by atoms with Gasteiger partial charge < -0.3 is 19.9 Å². The maximum Gasteiger partial charge on any atom is 0.416 e. The van der Waals surface area contributed by atoms with Crippen LogP contribution < -0.4 is 14.8 Å². The summed E-state index contributed by atoms with van der Waals surface area (Å²) in [7, 11) is 0. The van der Waals surface area contributed by atoms with Gasteiger partial charge in [-0.1, -0.05) is 12.1 Å². The molecule has 2 N–H and O–H groups in total. The summed E-state index contributed by atoms with van der Waals surface area (Å²) < 4.78 is 54.6. The Morgan fingerprint density at radius 3 is 2.64 bits per heavy atom. The van der Waals surface area contributed by atoms with Crippen LogP contribution in [0.2, 0.25) is 0 Å². The number of carbonyl (C=O) groups excluding carboxylic acids is 2. The Labute approximate surface area is 257 Å². The number of Topliss-reactive ketones (excluding diaryl/α,β-unsaturated/α-hetero) is 1. The molecule has 2 aromatic carbocycles. The lowest BCUT2D eigenvalue weighted by Crippen LogP contribution is -2.46. The molecule has 1 aliphatic carbocycles. The molecule has 9 nitrogen and oxygen atoms in total. The average molecular weight is 623 g/mol.